The van der Waals surface area contributed by atoms with Gasteiger partial charge in [-0.2, -0.15) is 0 Å². The summed E-state index contributed by atoms with van der Waals surface area (Å²) < 4.78 is 14.8. The largest absolute Gasteiger partial charge is 0.469 e. The number of hydrogen-bond donors (Lipinski definition) is 2. The Hall–Kier alpha value is -4.10. The SMILES string of the molecule is COC(=O)C1=C[C@H]2C3=C([C@@H]1n1c(=O)[nH]c(=O)n12)[C@@H]1C2C(C(=O)OC)C2[C@H]3n2c(=O)[nH]c(=O)n21. The average Bonchev–Trinajstić information content (AvgIpc) is 3.40. The highest BCUT2D eigenvalue weighted by atomic mass is 16.5. The van der Waals surface area contributed by atoms with Crippen LogP contribution in [0.4, 0.5) is 0 Å². The molecular formula is C19H16N6O8. The molecule has 7 atom stereocenters. The van der Waals surface area contributed by atoms with Crippen molar-refractivity contribution >= 4 is 11.9 Å². The predicted octanol–water partition coefficient (Wildman–Crippen LogP) is -2.66. The van der Waals surface area contributed by atoms with Crippen molar-refractivity contribution in [2.45, 2.75) is 24.2 Å². The zero-order valence-electron chi connectivity index (χ0n) is 17.2. The van der Waals surface area contributed by atoms with Crippen molar-refractivity contribution < 1.29 is 19.1 Å². The second-order valence-electron chi connectivity index (χ2n) is 8.81. The van der Waals surface area contributed by atoms with E-state index in [1.54, 1.807) is 6.08 Å². The summed E-state index contributed by atoms with van der Waals surface area (Å²) in [6, 6.07) is -3.40. The molecule has 14 nitrogen and oxygen atoms in total. The van der Waals surface area contributed by atoms with Crippen LogP contribution in [-0.4, -0.2) is 54.9 Å². The fourth-order valence-corrected chi connectivity index (χ4v) is 6.74. The number of methoxy groups -OCH3 is 2. The van der Waals surface area contributed by atoms with Gasteiger partial charge in [0, 0.05) is 11.8 Å². The van der Waals surface area contributed by atoms with Crippen molar-refractivity contribution in [2.75, 3.05) is 14.2 Å². The quantitative estimate of drug-likeness (QED) is 0.364. The number of carbonyl (C=O) groups excluding carboxylic acids is 2. The minimum atomic E-state index is -1.03. The van der Waals surface area contributed by atoms with Crippen molar-refractivity contribution in [1.82, 2.24) is 28.7 Å². The first-order valence-corrected chi connectivity index (χ1v) is 10.3. The maximum absolute atomic E-state index is 12.8. The zero-order valence-corrected chi connectivity index (χ0v) is 17.2. The van der Waals surface area contributed by atoms with Gasteiger partial charge in [-0.1, -0.05) is 0 Å². The first-order valence-electron chi connectivity index (χ1n) is 10.3. The number of allylic oxidation sites excluding steroid dienone is 3. The third kappa shape index (κ3) is 1.80. The van der Waals surface area contributed by atoms with Crippen molar-refractivity contribution in [3.8, 4) is 0 Å². The number of nitrogens with zero attached hydrogens (tertiary/aromatic N) is 4. The molecule has 170 valence electrons. The Labute approximate surface area is 181 Å². The summed E-state index contributed by atoms with van der Waals surface area (Å²) in [6.07, 6.45) is 1.55. The van der Waals surface area contributed by atoms with E-state index in [2.05, 4.69) is 9.97 Å². The van der Waals surface area contributed by atoms with E-state index in [0.29, 0.717) is 11.1 Å². The summed E-state index contributed by atoms with van der Waals surface area (Å²) in [5.74, 6) is -2.39. The van der Waals surface area contributed by atoms with Crippen LogP contribution in [0.5, 0.6) is 0 Å². The maximum atomic E-state index is 12.8. The average molecular weight is 456 g/mol. The molecule has 9 rings (SSSR count). The molecule has 6 heterocycles. The van der Waals surface area contributed by atoms with Crippen LogP contribution in [0.1, 0.15) is 24.2 Å². The van der Waals surface area contributed by atoms with Gasteiger partial charge in [0.2, 0.25) is 0 Å². The summed E-state index contributed by atoms with van der Waals surface area (Å²) in [6.45, 7) is 0. The van der Waals surface area contributed by atoms with E-state index >= 15 is 0 Å². The lowest BCUT2D eigenvalue weighted by molar-refractivity contribution is -0.143. The lowest BCUT2D eigenvalue weighted by Gasteiger charge is -2.50. The number of carbonyl (C=O) groups is 2. The molecule has 0 spiro atoms. The van der Waals surface area contributed by atoms with E-state index in [-0.39, 0.29) is 17.4 Å². The Bertz CT molecular complexity index is 1620. The number of H-pyrrole nitrogens is 2. The van der Waals surface area contributed by atoms with Crippen molar-refractivity contribution in [3.63, 3.8) is 0 Å². The predicted molar refractivity (Wildman–Crippen MR) is 104 cm³/mol. The van der Waals surface area contributed by atoms with Gasteiger partial charge in [0.15, 0.2) is 0 Å². The Kier molecular flexibility index (Phi) is 3.05. The lowest BCUT2D eigenvalue weighted by atomic mass is 9.70. The van der Waals surface area contributed by atoms with Crippen LogP contribution in [0.15, 0.2) is 42.0 Å². The molecule has 0 radical (unpaired) electrons. The number of nitrogens with one attached hydrogen (secondary N) is 2. The number of rotatable bonds is 2. The summed E-state index contributed by atoms with van der Waals surface area (Å²) in [4.78, 5) is 80.6. The van der Waals surface area contributed by atoms with Gasteiger partial charge < -0.3 is 9.47 Å². The molecule has 2 N–H and O–H groups in total. The van der Waals surface area contributed by atoms with E-state index in [4.69, 9.17) is 9.47 Å². The first-order chi connectivity index (χ1) is 15.8. The minimum absolute atomic E-state index is 0.152. The van der Waals surface area contributed by atoms with Gasteiger partial charge in [-0.3, -0.25) is 14.8 Å². The fourth-order valence-electron chi connectivity index (χ4n) is 6.74. The monoisotopic (exact) mass is 456 g/mol. The van der Waals surface area contributed by atoms with Crippen LogP contribution in [0, 0.1) is 17.8 Å². The summed E-state index contributed by atoms with van der Waals surface area (Å²) in [5, 5.41) is 0. The number of aromatic amines is 2. The summed E-state index contributed by atoms with van der Waals surface area (Å²) in [5.41, 5.74) is -1.33. The van der Waals surface area contributed by atoms with Gasteiger partial charge >= 0.3 is 34.7 Å². The second kappa shape index (κ2) is 5.44. The smallest absolute Gasteiger partial charge is 0.345 e. The third-order valence-electron chi connectivity index (χ3n) is 7.73. The Morgan fingerprint density at radius 1 is 0.788 bits per heavy atom. The molecule has 0 amide bonds. The van der Waals surface area contributed by atoms with Gasteiger partial charge in [-0.05, 0) is 17.2 Å². The Balaban J connectivity index is 1.54. The highest BCUT2D eigenvalue weighted by molar-refractivity contribution is 5.91. The molecule has 4 aliphatic heterocycles. The molecule has 0 aromatic carbocycles. The van der Waals surface area contributed by atoms with E-state index in [1.807, 2.05) is 0 Å². The van der Waals surface area contributed by atoms with Crippen LogP contribution >= 0.6 is 0 Å². The van der Waals surface area contributed by atoms with Crippen molar-refractivity contribution in [1.29, 1.82) is 0 Å². The van der Waals surface area contributed by atoms with E-state index in [9.17, 15) is 28.8 Å². The summed E-state index contributed by atoms with van der Waals surface area (Å²) >= 11 is 0. The van der Waals surface area contributed by atoms with E-state index < -0.39 is 64.8 Å². The minimum Gasteiger partial charge on any atom is -0.469 e. The number of aromatic nitrogens is 6. The fraction of sp³-hybridized carbons (Fsp3) is 0.474. The van der Waals surface area contributed by atoms with Gasteiger partial charge in [0.1, 0.15) is 6.04 Å². The van der Waals surface area contributed by atoms with Crippen LogP contribution < -0.4 is 22.8 Å². The number of hydrogen-bond acceptors (Lipinski definition) is 8. The third-order valence-corrected chi connectivity index (χ3v) is 7.73. The highest BCUT2D eigenvalue weighted by Gasteiger charge is 2.73. The Morgan fingerprint density at radius 2 is 1.33 bits per heavy atom. The topological polar surface area (TPSA) is 172 Å². The van der Waals surface area contributed by atoms with Crippen molar-refractivity contribution in [2.24, 2.45) is 17.8 Å². The molecule has 0 saturated heterocycles. The molecule has 4 bridgehead atoms. The van der Waals surface area contributed by atoms with Gasteiger partial charge in [0.25, 0.3) is 0 Å². The van der Waals surface area contributed by atoms with Crippen molar-refractivity contribution in [3.05, 3.63) is 64.7 Å². The van der Waals surface area contributed by atoms with E-state index in [1.165, 1.54) is 28.3 Å². The molecular weight excluding hydrogens is 440 g/mol. The second-order valence-corrected chi connectivity index (χ2v) is 8.81. The standard InChI is InChI=1S/C19H16N6O8/c1-32-14(26)4-3-5-6-10(11(4)23-17(29)20-16(28)22(5)23)13-8-7(9(8)15(27)33-2)12(6)24-18(30)21-19(31)25(13)24/h3,5,7-9,11-13H,1-2H3,(H,20,28,29)(H,21,30,31)/t5-,7?,8?,9?,11+,12-,13-/m0/s1. The molecule has 1 fully saturated rings. The maximum Gasteiger partial charge on any atom is 0.345 e. The highest BCUT2D eigenvalue weighted by Crippen LogP contribution is 2.71. The lowest BCUT2D eigenvalue weighted by Crippen LogP contribution is -2.54. The first kappa shape index (κ1) is 18.5. The van der Waals surface area contributed by atoms with E-state index in [0.717, 1.165) is 4.68 Å². The molecule has 3 unspecified atom stereocenters. The van der Waals surface area contributed by atoms with Gasteiger partial charge in [0.05, 0.1) is 43.8 Å². The zero-order chi connectivity index (χ0) is 23.1. The summed E-state index contributed by atoms with van der Waals surface area (Å²) in [7, 11) is 2.48. The number of ether oxygens (including phenoxy) is 2. The molecule has 14 heteroatoms. The normalized spacial score (nSPS) is 33.6. The number of esters is 2. The Morgan fingerprint density at radius 3 is 1.91 bits per heavy atom. The molecule has 1 saturated carbocycles. The van der Waals surface area contributed by atoms with Gasteiger partial charge in [-0.25, -0.2) is 42.7 Å². The molecule has 2 aromatic heterocycles. The van der Waals surface area contributed by atoms with Crippen LogP contribution in [0.3, 0.4) is 0 Å². The molecule has 7 aliphatic rings. The van der Waals surface area contributed by atoms with Gasteiger partial charge in [-0.15, -0.1) is 0 Å². The molecule has 2 aromatic rings. The molecule has 33 heavy (non-hydrogen) atoms. The van der Waals surface area contributed by atoms with Crippen LogP contribution in [0.25, 0.3) is 0 Å². The molecule has 3 aliphatic carbocycles. The van der Waals surface area contributed by atoms with Crippen LogP contribution in [0.2, 0.25) is 0 Å². The van der Waals surface area contributed by atoms with Crippen LogP contribution in [-0.2, 0) is 19.1 Å².